The monoisotopic (exact) mass is 362 g/mol. The Bertz CT molecular complexity index is 631. The first-order chi connectivity index (χ1) is 11.6. The van der Waals surface area contributed by atoms with Crippen LogP contribution in [0.3, 0.4) is 0 Å². The molecule has 0 aliphatic heterocycles. The number of aromatic nitrogens is 1. The third-order valence-electron chi connectivity index (χ3n) is 3.43. The fourth-order valence-electron chi connectivity index (χ4n) is 2.23. The van der Waals surface area contributed by atoms with Crippen LogP contribution in [0.1, 0.15) is 18.9 Å². The number of thiocarbonyl (C=S) groups is 1. The van der Waals surface area contributed by atoms with Crippen LogP contribution < -0.4 is 16.0 Å². The first kappa shape index (κ1) is 18.5. The van der Waals surface area contributed by atoms with Crippen LogP contribution in [0.5, 0.6) is 0 Å². The van der Waals surface area contributed by atoms with Gasteiger partial charge in [0.2, 0.25) is 5.91 Å². The summed E-state index contributed by atoms with van der Waals surface area (Å²) < 4.78 is 0. The number of hydrogen-bond donors (Lipinski definition) is 3. The lowest BCUT2D eigenvalue weighted by Gasteiger charge is -2.18. The molecule has 1 aromatic carbocycles. The van der Waals surface area contributed by atoms with Gasteiger partial charge in [-0.15, -0.1) is 11.3 Å². The van der Waals surface area contributed by atoms with Gasteiger partial charge in [0.1, 0.15) is 0 Å². The third kappa shape index (κ3) is 6.74. The second kappa shape index (κ2) is 10.1. The SMILES string of the molecule is CC(=S)NCC[C@H](NCCc1ccccc1)C(=O)Nc1nccs1. The zero-order chi connectivity index (χ0) is 17.2. The predicted molar refractivity (Wildman–Crippen MR) is 104 cm³/mol. The molecule has 2 rings (SSSR count). The van der Waals surface area contributed by atoms with Crippen molar-refractivity contribution in [2.75, 3.05) is 18.4 Å². The number of nitrogens with one attached hydrogen (secondary N) is 3. The van der Waals surface area contributed by atoms with E-state index in [4.69, 9.17) is 12.2 Å². The van der Waals surface area contributed by atoms with Crippen molar-refractivity contribution < 1.29 is 4.79 Å². The summed E-state index contributed by atoms with van der Waals surface area (Å²) in [5, 5.41) is 11.7. The maximum absolute atomic E-state index is 12.5. The van der Waals surface area contributed by atoms with E-state index in [2.05, 4.69) is 33.1 Å². The van der Waals surface area contributed by atoms with Crippen molar-refractivity contribution >= 4 is 39.6 Å². The van der Waals surface area contributed by atoms with Gasteiger partial charge in [-0.1, -0.05) is 42.5 Å². The third-order valence-corrected chi connectivity index (χ3v) is 4.27. The highest BCUT2D eigenvalue weighted by atomic mass is 32.1. The number of carbonyl (C=O) groups is 1. The van der Waals surface area contributed by atoms with Crippen molar-refractivity contribution in [3.63, 3.8) is 0 Å². The van der Waals surface area contributed by atoms with Crippen LogP contribution in [0, 0.1) is 0 Å². The lowest BCUT2D eigenvalue weighted by atomic mass is 10.1. The Kier molecular flexibility index (Phi) is 7.81. The summed E-state index contributed by atoms with van der Waals surface area (Å²) in [5.41, 5.74) is 1.25. The molecule has 0 bridgehead atoms. The number of anilines is 1. The molecule has 0 unspecified atom stereocenters. The highest BCUT2D eigenvalue weighted by molar-refractivity contribution is 7.80. The summed E-state index contributed by atoms with van der Waals surface area (Å²) in [6.07, 6.45) is 3.21. The summed E-state index contributed by atoms with van der Waals surface area (Å²) >= 11 is 6.43. The van der Waals surface area contributed by atoms with E-state index < -0.39 is 0 Å². The molecule has 0 aliphatic carbocycles. The lowest BCUT2D eigenvalue weighted by molar-refractivity contribution is -0.118. The Balaban J connectivity index is 1.86. The molecule has 1 heterocycles. The largest absolute Gasteiger partial charge is 0.380 e. The van der Waals surface area contributed by atoms with Gasteiger partial charge in [-0.25, -0.2) is 4.98 Å². The maximum Gasteiger partial charge on any atom is 0.243 e. The van der Waals surface area contributed by atoms with Crippen molar-refractivity contribution in [2.24, 2.45) is 0 Å². The van der Waals surface area contributed by atoms with Gasteiger partial charge < -0.3 is 16.0 Å². The Morgan fingerprint density at radius 2 is 2.08 bits per heavy atom. The summed E-state index contributed by atoms with van der Waals surface area (Å²) in [6.45, 7) is 3.23. The Hall–Kier alpha value is -1.83. The van der Waals surface area contributed by atoms with E-state index in [0.717, 1.165) is 18.0 Å². The first-order valence-corrected chi connectivity index (χ1v) is 9.16. The molecular weight excluding hydrogens is 340 g/mol. The number of hydrogen-bond acceptors (Lipinski definition) is 5. The first-order valence-electron chi connectivity index (χ1n) is 7.87. The smallest absolute Gasteiger partial charge is 0.243 e. The van der Waals surface area contributed by atoms with Crippen molar-refractivity contribution in [2.45, 2.75) is 25.8 Å². The van der Waals surface area contributed by atoms with E-state index in [9.17, 15) is 4.79 Å². The van der Waals surface area contributed by atoms with Gasteiger partial charge in [-0.05, 0) is 31.9 Å². The molecule has 0 aliphatic rings. The molecule has 24 heavy (non-hydrogen) atoms. The second-order valence-corrected chi connectivity index (χ2v) is 6.85. The molecule has 1 amide bonds. The topological polar surface area (TPSA) is 66.0 Å². The number of thiazole rings is 1. The fraction of sp³-hybridized carbons (Fsp3) is 0.353. The van der Waals surface area contributed by atoms with Crippen LogP contribution in [-0.2, 0) is 11.2 Å². The van der Waals surface area contributed by atoms with Gasteiger partial charge in [0.25, 0.3) is 0 Å². The van der Waals surface area contributed by atoms with E-state index in [0.29, 0.717) is 18.1 Å². The van der Waals surface area contributed by atoms with E-state index in [1.165, 1.54) is 16.9 Å². The van der Waals surface area contributed by atoms with Crippen molar-refractivity contribution in [3.05, 3.63) is 47.5 Å². The average molecular weight is 363 g/mol. The quantitative estimate of drug-likeness (QED) is 0.599. The zero-order valence-corrected chi connectivity index (χ0v) is 15.3. The molecule has 3 N–H and O–H groups in total. The van der Waals surface area contributed by atoms with Crippen LogP contribution in [0.2, 0.25) is 0 Å². The summed E-state index contributed by atoms with van der Waals surface area (Å²) in [4.78, 5) is 17.3. The molecule has 0 saturated carbocycles. The van der Waals surface area contributed by atoms with E-state index in [1.54, 1.807) is 6.20 Å². The molecule has 128 valence electrons. The molecule has 1 aromatic heterocycles. The van der Waals surface area contributed by atoms with Crippen LogP contribution in [-0.4, -0.2) is 35.0 Å². The molecule has 0 fully saturated rings. The maximum atomic E-state index is 12.5. The number of benzene rings is 1. The van der Waals surface area contributed by atoms with Crippen LogP contribution >= 0.6 is 23.6 Å². The molecule has 7 heteroatoms. The highest BCUT2D eigenvalue weighted by Crippen LogP contribution is 2.11. The van der Waals surface area contributed by atoms with Crippen molar-refractivity contribution in [3.8, 4) is 0 Å². The molecule has 1 atom stereocenters. The average Bonchev–Trinajstić information content (AvgIpc) is 3.07. The minimum atomic E-state index is -0.292. The summed E-state index contributed by atoms with van der Waals surface area (Å²) in [6, 6.07) is 9.93. The predicted octanol–water partition coefficient (Wildman–Crippen LogP) is 2.61. The standard InChI is InChI=1S/C17H22N4OS2/c1-13(23)18-10-8-15(16(22)21-17-20-11-12-24-17)19-9-7-14-5-3-2-4-6-14/h2-6,11-12,15,19H,7-10H2,1H3,(H,18,23)(H,20,21,22)/t15-/m0/s1. The van der Waals surface area contributed by atoms with E-state index in [1.807, 2.05) is 30.5 Å². The molecule has 2 aromatic rings. The summed E-state index contributed by atoms with van der Waals surface area (Å²) in [7, 11) is 0. The molecule has 5 nitrogen and oxygen atoms in total. The molecule has 0 saturated heterocycles. The van der Waals surface area contributed by atoms with Gasteiger partial charge in [0, 0.05) is 18.1 Å². The van der Waals surface area contributed by atoms with Crippen LogP contribution in [0.15, 0.2) is 41.9 Å². The van der Waals surface area contributed by atoms with E-state index >= 15 is 0 Å². The number of carbonyl (C=O) groups excluding carboxylic acids is 1. The van der Waals surface area contributed by atoms with Crippen molar-refractivity contribution in [1.29, 1.82) is 0 Å². The van der Waals surface area contributed by atoms with Crippen LogP contribution in [0.25, 0.3) is 0 Å². The van der Waals surface area contributed by atoms with Gasteiger partial charge in [-0.2, -0.15) is 0 Å². The number of nitrogens with zero attached hydrogens (tertiary/aromatic N) is 1. The molecular formula is C17H22N4OS2. The van der Waals surface area contributed by atoms with Crippen LogP contribution in [0.4, 0.5) is 5.13 Å². The number of rotatable bonds is 9. The van der Waals surface area contributed by atoms with Gasteiger partial charge >= 0.3 is 0 Å². The second-order valence-electron chi connectivity index (χ2n) is 5.34. The lowest BCUT2D eigenvalue weighted by Crippen LogP contribution is -2.43. The van der Waals surface area contributed by atoms with Gasteiger partial charge in [-0.3, -0.25) is 4.79 Å². The zero-order valence-electron chi connectivity index (χ0n) is 13.6. The normalized spacial score (nSPS) is 11.7. The minimum Gasteiger partial charge on any atom is -0.380 e. The summed E-state index contributed by atoms with van der Waals surface area (Å²) in [5.74, 6) is -0.0677. The Labute approximate surface area is 151 Å². The Morgan fingerprint density at radius 1 is 1.29 bits per heavy atom. The van der Waals surface area contributed by atoms with Gasteiger partial charge in [0.15, 0.2) is 5.13 Å². The fourth-order valence-corrected chi connectivity index (χ4v) is 2.87. The molecule has 0 spiro atoms. The number of amides is 1. The minimum absolute atomic E-state index is 0.0677. The van der Waals surface area contributed by atoms with E-state index in [-0.39, 0.29) is 11.9 Å². The Morgan fingerprint density at radius 3 is 2.75 bits per heavy atom. The highest BCUT2D eigenvalue weighted by Gasteiger charge is 2.18. The van der Waals surface area contributed by atoms with Gasteiger partial charge in [0.05, 0.1) is 11.0 Å². The van der Waals surface area contributed by atoms with Crippen molar-refractivity contribution in [1.82, 2.24) is 15.6 Å². The molecule has 0 radical (unpaired) electrons.